The van der Waals surface area contributed by atoms with Crippen molar-refractivity contribution in [3.63, 3.8) is 0 Å². The highest BCUT2D eigenvalue weighted by atomic mass is 15.3. The third kappa shape index (κ3) is 4.18. The average molecular weight is 285 g/mol. The van der Waals surface area contributed by atoms with E-state index in [0.717, 1.165) is 18.8 Å². The van der Waals surface area contributed by atoms with E-state index >= 15 is 0 Å². The van der Waals surface area contributed by atoms with Crippen LogP contribution in [0.4, 0.5) is 0 Å². The molecule has 3 heteroatoms. The molecule has 0 atom stereocenters. The van der Waals surface area contributed by atoms with Gasteiger partial charge in [-0.2, -0.15) is 5.10 Å². The highest BCUT2D eigenvalue weighted by Gasteiger charge is 2.09. The van der Waals surface area contributed by atoms with Crippen molar-refractivity contribution in [2.75, 3.05) is 6.54 Å². The quantitative estimate of drug-likeness (QED) is 0.867. The van der Waals surface area contributed by atoms with Gasteiger partial charge in [0.15, 0.2) is 0 Å². The lowest BCUT2D eigenvalue weighted by atomic mass is 10.1. The molecule has 0 bridgehead atoms. The van der Waals surface area contributed by atoms with Crippen LogP contribution in [0.1, 0.15) is 50.4 Å². The number of nitrogens with one attached hydrogen (secondary N) is 1. The Kier molecular flexibility index (Phi) is 5.18. The smallest absolute Gasteiger partial charge is 0.0690 e. The zero-order valence-electron chi connectivity index (χ0n) is 13.9. The van der Waals surface area contributed by atoms with Gasteiger partial charge in [-0.3, -0.25) is 0 Å². The molecule has 2 aromatic rings. The van der Waals surface area contributed by atoms with E-state index in [1.165, 1.54) is 16.8 Å². The molecule has 0 radical (unpaired) electrons. The summed E-state index contributed by atoms with van der Waals surface area (Å²) in [4.78, 5) is 0. The summed E-state index contributed by atoms with van der Waals surface area (Å²) in [6.07, 6.45) is 2.06. The third-order valence-corrected chi connectivity index (χ3v) is 3.55. The summed E-state index contributed by atoms with van der Waals surface area (Å²) in [6, 6.07) is 8.67. The van der Waals surface area contributed by atoms with Crippen LogP contribution in [-0.2, 0) is 6.54 Å². The van der Waals surface area contributed by atoms with Crippen molar-refractivity contribution >= 4 is 0 Å². The maximum absolute atomic E-state index is 4.70. The predicted octanol–water partition coefficient (Wildman–Crippen LogP) is 4.05. The van der Waals surface area contributed by atoms with Gasteiger partial charge in [0, 0.05) is 12.7 Å². The van der Waals surface area contributed by atoms with E-state index < -0.39 is 0 Å². The van der Waals surface area contributed by atoms with Crippen LogP contribution >= 0.6 is 0 Å². The first kappa shape index (κ1) is 15.8. The first-order valence-corrected chi connectivity index (χ1v) is 7.83. The van der Waals surface area contributed by atoms with E-state index in [9.17, 15) is 0 Å². The van der Waals surface area contributed by atoms with E-state index in [2.05, 4.69) is 70.4 Å². The van der Waals surface area contributed by atoms with Crippen molar-refractivity contribution in [1.82, 2.24) is 15.1 Å². The SMILES string of the molecule is Cc1ccc(-n2ccc(C(C)C)n2)c(CNCC(C)C)c1. The van der Waals surface area contributed by atoms with Crippen molar-refractivity contribution in [3.8, 4) is 5.69 Å². The van der Waals surface area contributed by atoms with Crippen molar-refractivity contribution in [2.45, 2.75) is 47.1 Å². The van der Waals surface area contributed by atoms with Gasteiger partial charge >= 0.3 is 0 Å². The summed E-state index contributed by atoms with van der Waals surface area (Å²) in [5.74, 6) is 1.12. The molecule has 0 aliphatic rings. The lowest BCUT2D eigenvalue weighted by molar-refractivity contribution is 0.551. The minimum atomic E-state index is 0.458. The molecule has 1 aromatic carbocycles. The second-order valence-corrected chi connectivity index (χ2v) is 6.50. The molecular formula is C18H27N3. The molecule has 0 amide bonds. The first-order valence-electron chi connectivity index (χ1n) is 7.83. The molecule has 2 rings (SSSR count). The Balaban J connectivity index is 2.24. The van der Waals surface area contributed by atoms with Gasteiger partial charge < -0.3 is 5.32 Å². The maximum atomic E-state index is 4.70. The zero-order valence-corrected chi connectivity index (χ0v) is 13.9. The van der Waals surface area contributed by atoms with Gasteiger partial charge in [-0.05, 0) is 43.0 Å². The van der Waals surface area contributed by atoms with E-state index in [1.807, 2.05) is 4.68 Å². The van der Waals surface area contributed by atoms with Gasteiger partial charge in [0.05, 0.1) is 11.4 Å². The lowest BCUT2D eigenvalue weighted by Crippen LogP contribution is -2.20. The van der Waals surface area contributed by atoms with Crippen LogP contribution in [0.5, 0.6) is 0 Å². The number of hydrogen-bond acceptors (Lipinski definition) is 2. The molecule has 0 unspecified atom stereocenters. The topological polar surface area (TPSA) is 29.9 Å². The standard InChI is InChI=1S/C18H27N3/c1-13(2)11-19-12-16-10-15(5)6-7-18(16)21-9-8-17(20-21)14(3)4/h6-10,13-14,19H,11-12H2,1-5H3. The summed E-state index contributed by atoms with van der Waals surface area (Å²) < 4.78 is 2.00. The van der Waals surface area contributed by atoms with E-state index in [4.69, 9.17) is 5.10 Å². The normalized spacial score (nSPS) is 11.6. The number of nitrogens with zero attached hydrogens (tertiary/aromatic N) is 2. The fourth-order valence-electron chi connectivity index (χ4n) is 2.36. The molecule has 0 spiro atoms. The Hall–Kier alpha value is -1.61. The first-order chi connectivity index (χ1) is 9.97. The summed E-state index contributed by atoms with van der Waals surface area (Å²) in [6.45, 7) is 12.9. The van der Waals surface area contributed by atoms with E-state index in [-0.39, 0.29) is 0 Å². The average Bonchev–Trinajstić information content (AvgIpc) is 2.88. The van der Waals surface area contributed by atoms with Gasteiger partial charge in [0.25, 0.3) is 0 Å². The second kappa shape index (κ2) is 6.90. The van der Waals surface area contributed by atoms with Gasteiger partial charge in [-0.25, -0.2) is 4.68 Å². The van der Waals surface area contributed by atoms with Crippen LogP contribution in [0.25, 0.3) is 5.69 Å². The Labute approximate surface area is 128 Å². The molecule has 0 saturated heterocycles. The molecule has 1 N–H and O–H groups in total. The fourth-order valence-corrected chi connectivity index (χ4v) is 2.36. The molecule has 1 heterocycles. The van der Waals surface area contributed by atoms with E-state index in [1.54, 1.807) is 0 Å². The monoisotopic (exact) mass is 285 g/mol. The number of aromatic nitrogens is 2. The van der Waals surface area contributed by atoms with Crippen molar-refractivity contribution in [1.29, 1.82) is 0 Å². The van der Waals surface area contributed by atoms with Gasteiger partial charge in [-0.1, -0.05) is 45.4 Å². The number of hydrogen-bond donors (Lipinski definition) is 1. The Bertz CT molecular complexity index is 582. The number of rotatable bonds is 6. The van der Waals surface area contributed by atoms with Gasteiger partial charge in [0.2, 0.25) is 0 Å². The van der Waals surface area contributed by atoms with Crippen molar-refractivity contribution in [2.24, 2.45) is 5.92 Å². The minimum absolute atomic E-state index is 0.458. The molecule has 1 aromatic heterocycles. The van der Waals surface area contributed by atoms with Crippen molar-refractivity contribution < 1.29 is 0 Å². The van der Waals surface area contributed by atoms with Crippen LogP contribution in [0.3, 0.4) is 0 Å². The van der Waals surface area contributed by atoms with Crippen LogP contribution in [0.2, 0.25) is 0 Å². The summed E-state index contributed by atoms with van der Waals surface area (Å²) in [7, 11) is 0. The predicted molar refractivity (Wildman–Crippen MR) is 88.9 cm³/mol. The highest BCUT2D eigenvalue weighted by molar-refractivity contribution is 5.43. The maximum Gasteiger partial charge on any atom is 0.0690 e. The second-order valence-electron chi connectivity index (χ2n) is 6.50. The van der Waals surface area contributed by atoms with E-state index in [0.29, 0.717) is 11.8 Å². The Morgan fingerprint density at radius 1 is 1.14 bits per heavy atom. The molecule has 0 aliphatic carbocycles. The molecule has 0 fully saturated rings. The lowest BCUT2D eigenvalue weighted by Gasteiger charge is -2.13. The van der Waals surface area contributed by atoms with Gasteiger partial charge in [0.1, 0.15) is 0 Å². The highest BCUT2D eigenvalue weighted by Crippen LogP contribution is 2.19. The summed E-state index contributed by atoms with van der Waals surface area (Å²) >= 11 is 0. The molecule has 114 valence electrons. The molecule has 0 saturated carbocycles. The largest absolute Gasteiger partial charge is 0.312 e. The van der Waals surface area contributed by atoms with Crippen LogP contribution < -0.4 is 5.32 Å². The van der Waals surface area contributed by atoms with Crippen LogP contribution in [-0.4, -0.2) is 16.3 Å². The Morgan fingerprint density at radius 3 is 2.52 bits per heavy atom. The molecule has 21 heavy (non-hydrogen) atoms. The number of aryl methyl sites for hydroxylation is 1. The summed E-state index contributed by atoms with van der Waals surface area (Å²) in [5.41, 5.74) is 4.89. The molecule has 0 aliphatic heterocycles. The van der Waals surface area contributed by atoms with Crippen LogP contribution in [0.15, 0.2) is 30.5 Å². The van der Waals surface area contributed by atoms with Gasteiger partial charge in [-0.15, -0.1) is 0 Å². The number of benzene rings is 1. The minimum Gasteiger partial charge on any atom is -0.312 e. The van der Waals surface area contributed by atoms with Crippen LogP contribution in [0, 0.1) is 12.8 Å². The van der Waals surface area contributed by atoms with Crippen molar-refractivity contribution in [3.05, 3.63) is 47.3 Å². The zero-order chi connectivity index (χ0) is 15.4. The molecule has 3 nitrogen and oxygen atoms in total. The Morgan fingerprint density at radius 2 is 1.90 bits per heavy atom. The fraction of sp³-hybridized carbons (Fsp3) is 0.500. The third-order valence-electron chi connectivity index (χ3n) is 3.55. The summed E-state index contributed by atoms with van der Waals surface area (Å²) in [5, 5.41) is 8.23. The molecular weight excluding hydrogens is 258 g/mol.